The summed E-state index contributed by atoms with van der Waals surface area (Å²) < 4.78 is 45.9. The summed E-state index contributed by atoms with van der Waals surface area (Å²) in [6.07, 6.45) is -3.48. The summed E-state index contributed by atoms with van der Waals surface area (Å²) in [6, 6.07) is 5.92. The summed E-state index contributed by atoms with van der Waals surface area (Å²) >= 11 is 5.91. The standard InChI is InChI=1S/C17H18ClF3N4O/c1-9(2)16-25(12(8-26-16)11-5-3-4-6-23-11)13-7-10(17(19,20)21)14(22)15(18)24-13/h3-7,9,12,16H,8,22H2,1-2H3. The van der Waals surface area contributed by atoms with Crippen molar-refractivity contribution in [1.82, 2.24) is 9.97 Å². The van der Waals surface area contributed by atoms with E-state index in [1.165, 1.54) is 0 Å². The Bertz CT molecular complexity index is 786. The zero-order chi connectivity index (χ0) is 19.1. The second-order valence-electron chi connectivity index (χ2n) is 6.38. The minimum Gasteiger partial charge on any atom is -0.396 e. The van der Waals surface area contributed by atoms with Crippen molar-refractivity contribution in [2.75, 3.05) is 17.2 Å². The van der Waals surface area contributed by atoms with Crippen LogP contribution < -0.4 is 10.6 Å². The lowest BCUT2D eigenvalue weighted by molar-refractivity contribution is -0.136. The van der Waals surface area contributed by atoms with Gasteiger partial charge in [0.15, 0.2) is 5.15 Å². The van der Waals surface area contributed by atoms with Gasteiger partial charge in [-0.05, 0) is 24.1 Å². The number of nitrogens with zero attached hydrogens (tertiary/aromatic N) is 3. The number of aromatic nitrogens is 2. The first kappa shape index (κ1) is 18.7. The van der Waals surface area contributed by atoms with Crippen molar-refractivity contribution in [2.24, 2.45) is 5.92 Å². The first-order valence-corrected chi connectivity index (χ1v) is 8.42. The molecule has 140 valence electrons. The monoisotopic (exact) mass is 386 g/mol. The Hall–Kier alpha value is -2.06. The third-order valence-corrected chi connectivity index (χ3v) is 4.49. The van der Waals surface area contributed by atoms with Crippen molar-refractivity contribution < 1.29 is 17.9 Å². The Kier molecular flexibility index (Phi) is 4.98. The number of ether oxygens (including phenoxy) is 1. The number of anilines is 2. The van der Waals surface area contributed by atoms with Crippen LogP contribution >= 0.6 is 11.6 Å². The van der Waals surface area contributed by atoms with Crippen molar-refractivity contribution in [3.63, 3.8) is 0 Å². The molecule has 2 atom stereocenters. The summed E-state index contributed by atoms with van der Waals surface area (Å²) in [7, 11) is 0. The molecule has 1 saturated heterocycles. The second-order valence-corrected chi connectivity index (χ2v) is 6.73. The molecule has 2 unspecified atom stereocenters. The van der Waals surface area contributed by atoms with Gasteiger partial charge in [0.05, 0.1) is 29.6 Å². The first-order chi connectivity index (χ1) is 12.2. The van der Waals surface area contributed by atoms with Gasteiger partial charge in [0.2, 0.25) is 0 Å². The fourth-order valence-corrected chi connectivity index (χ4v) is 3.20. The van der Waals surface area contributed by atoms with Crippen molar-refractivity contribution >= 4 is 23.1 Å². The molecule has 2 N–H and O–H groups in total. The highest BCUT2D eigenvalue weighted by Gasteiger charge is 2.41. The fraction of sp³-hybridized carbons (Fsp3) is 0.412. The Morgan fingerprint density at radius 3 is 2.65 bits per heavy atom. The highest BCUT2D eigenvalue weighted by Crippen LogP contribution is 2.42. The third kappa shape index (κ3) is 3.43. The highest BCUT2D eigenvalue weighted by atomic mass is 35.5. The van der Waals surface area contributed by atoms with Gasteiger partial charge in [-0.3, -0.25) is 4.98 Å². The van der Waals surface area contributed by atoms with Gasteiger partial charge < -0.3 is 15.4 Å². The maximum absolute atomic E-state index is 13.3. The summed E-state index contributed by atoms with van der Waals surface area (Å²) in [4.78, 5) is 10.1. The van der Waals surface area contributed by atoms with E-state index >= 15 is 0 Å². The average molecular weight is 387 g/mol. The lowest BCUT2D eigenvalue weighted by Crippen LogP contribution is -2.37. The molecule has 0 aromatic carbocycles. The largest absolute Gasteiger partial charge is 0.418 e. The fourth-order valence-electron chi connectivity index (χ4n) is 3.01. The van der Waals surface area contributed by atoms with Crippen LogP contribution in [0.1, 0.15) is 31.1 Å². The molecule has 0 amide bonds. The summed E-state index contributed by atoms with van der Waals surface area (Å²) in [6.45, 7) is 4.12. The molecule has 3 rings (SSSR count). The molecule has 3 heterocycles. The Balaban J connectivity index is 2.12. The van der Waals surface area contributed by atoms with Crippen molar-refractivity contribution in [1.29, 1.82) is 0 Å². The molecular weight excluding hydrogens is 369 g/mol. The number of nitrogens with two attached hydrogens (primary N) is 1. The number of nitrogen functional groups attached to an aromatic ring is 1. The molecule has 0 radical (unpaired) electrons. The third-order valence-electron chi connectivity index (χ3n) is 4.20. The topological polar surface area (TPSA) is 64.3 Å². The van der Waals surface area contributed by atoms with E-state index in [9.17, 15) is 13.2 Å². The summed E-state index contributed by atoms with van der Waals surface area (Å²) in [5.41, 5.74) is 4.58. The minimum absolute atomic E-state index is 0.0103. The number of alkyl halides is 3. The molecule has 0 bridgehead atoms. The predicted octanol–water partition coefficient (Wildman–Crippen LogP) is 4.29. The van der Waals surface area contributed by atoms with E-state index in [4.69, 9.17) is 22.1 Å². The second kappa shape index (κ2) is 6.92. The highest BCUT2D eigenvalue weighted by molar-refractivity contribution is 6.32. The van der Waals surface area contributed by atoms with Crippen molar-refractivity contribution in [3.05, 3.63) is 46.9 Å². The molecule has 1 fully saturated rings. The Labute approximate surface area is 153 Å². The molecule has 2 aromatic rings. The Morgan fingerprint density at radius 1 is 1.35 bits per heavy atom. The van der Waals surface area contributed by atoms with Crippen LogP contribution in [0.5, 0.6) is 0 Å². The minimum atomic E-state index is -4.64. The van der Waals surface area contributed by atoms with Gasteiger partial charge in [-0.2, -0.15) is 13.2 Å². The maximum atomic E-state index is 13.3. The smallest absolute Gasteiger partial charge is 0.396 e. The van der Waals surface area contributed by atoms with Gasteiger partial charge in [-0.1, -0.05) is 31.5 Å². The van der Waals surface area contributed by atoms with E-state index in [0.717, 1.165) is 6.07 Å². The SMILES string of the molecule is CC(C)C1OCC(c2ccccn2)N1c1cc(C(F)(F)F)c(N)c(Cl)n1. The molecule has 9 heteroatoms. The quantitative estimate of drug-likeness (QED) is 0.797. The zero-order valence-electron chi connectivity index (χ0n) is 14.2. The van der Waals surface area contributed by atoms with Gasteiger partial charge >= 0.3 is 6.18 Å². The van der Waals surface area contributed by atoms with Gasteiger partial charge in [-0.15, -0.1) is 0 Å². The van der Waals surface area contributed by atoms with Crippen molar-refractivity contribution in [3.8, 4) is 0 Å². The van der Waals surface area contributed by atoms with Gasteiger partial charge in [0, 0.05) is 6.20 Å². The predicted molar refractivity (Wildman–Crippen MR) is 92.7 cm³/mol. The number of hydrogen-bond donors (Lipinski definition) is 1. The van der Waals surface area contributed by atoms with Gasteiger partial charge in [0.25, 0.3) is 0 Å². The molecule has 2 aromatic heterocycles. The zero-order valence-corrected chi connectivity index (χ0v) is 14.9. The molecule has 5 nitrogen and oxygen atoms in total. The van der Waals surface area contributed by atoms with E-state index in [1.807, 2.05) is 19.9 Å². The van der Waals surface area contributed by atoms with Crippen LogP contribution in [0.2, 0.25) is 5.15 Å². The van der Waals surface area contributed by atoms with Crippen LogP contribution in [0.25, 0.3) is 0 Å². The van der Waals surface area contributed by atoms with E-state index in [-0.39, 0.29) is 29.5 Å². The van der Waals surface area contributed by atoms with Crippen LogP contribution in [0.3, 0.4) is 0 Å². The molecular formula is C17H18ClF3N4O. The lowest BCUT2D eigenvalue weighted by atomic mass is 10.1. The molecule has 26 heavy (non-hydrogen) atoms. The van der Waals surface area contributed by atoms with Gasteiger partial charge in [-0.25, -0.2) is 4.98 Å². The molecule has 0 spiro atoms. The van der Waals surface area contributed by atoms with Crippen molar-refractivity contribution in [2.45, 2.75) is 32.3 Å². The van der Waals surface area contributed by atoms with Crippen LogP contribution in [0, 0.1) is 5.92 Å². The van der Waals surface area contributed by atoms with Crippen LogP contribution in [0.4, 0.5) is 24.7 Å². The van der Waals surface area contributed by atoms with Gasteiger partial charge in [0.1, 0.15) is 12.0 Å². The summed E-state index contributed by atoms with van der Waals surface area (Å²) in [5, 5.41) is -0.385. The van der Waals surface area contributed by atoms with E-state index < -0.39 is 23.7 Å². The van der Waals surface area contributed by atoms with E-state index in [1.54, 1.807) is 23.2 Å². The number of halogens is 4. The average Bonchev–Trinajstić information content (AvgIpc) is 3.02. The first-order valence-electron chi connectivity index (χ1n) is 8.04. The number of pyridine rings is 2. The molecule has 0 saturated carbocycles. The lowest BCUT2D eigenvalue weighted by Gasteiger charge is -2.32. The number of rotatable bonds is 3. The van der Waals surface area contributed by atoms with Crippen LogP contribution in [0.15, 0.2) is 30.5 Å². The van der Waals surface area contributed by atoms with E-state index in [2.05, 4.69) is 9.97 Å². The van der Waals surface area contributed by atoms with Crippen LogP contribution in [-0.4, -0.2) is 22.8 Å². The van der Waals surface area contributed by atoms with E-state index in [0.29, 0.717) is 5.69 Å². The Morgan fingerprint density at radius 2 is 2.08 bits per heavy atom. The molecule has 1 aliphatic rings. The number of hydrogen-bond acceptors (Lipinski definition) is 5. The summed E-state index contributed by atoms with van der Waals surface area (Å²) in [5.74, 6) is 0.0690. The molecule has 1 aliphatic heterocycles. The van der Waals surface area contributed by atoms with Crippen LogP contribution in [-0.2, 0) is 10.9 Å². The molecule has 0 aliphatic carbocycles. The normalized spacial score (nSPS) is 20.8. The maximum Gasteiger partial charge on any atom is 0.418 e.